The first-order valence-electron chi connectivity index (χ1n) is 4.27. The number of carboxylic acids is 1. The van der Waals surface area contributed by atoms with Crippen LogP contribution < -0.4 is 5.32 Å². The van der Waals surface area contributed by atoms with Crippen LogP contribution in [0.4, 0.5) is 8.78 Å². The molecule has 0 aromatic carbocycles. The first-order chi connectivity index (χ1) is 6.20. The average molecular weight is 195 g/mol. The van der Waals surface area contributed by atoms with Gasteiger partial charge >= 0.3 is 5.97 Å². The van der Waals surface area contributed by atoms with Gasteiger partial charge in [-0.1, -0.05) is 0 Å². The van der Waals surface area contributed by atoms with Gasteiger partial charge in [0.25, 0.3) is 0 Å². The van der Waals surface area contributed by atoms with Crippen LogP contribution in [-0.4, -0.2) is 37.0 Å². The van der Waals surface area contributed by atoms with E-state index in [1.807, 2.05) is 0 Å². The van der Waals surface area contributed by atoms with Gasteiger partial charge in [-0.2, -0.15) is 0 Å². The lowest BCUT2D eigenvalue weighted by atomic mass is 10.1. The fourth-order valence-corrected chi connectivity index (χ4v) is 1.04. The van der Waals surface area contributed by atoms with Crippen molar-refractivity contribution in [2.45, 2.75) is 25.3 Å². The predicted molar refractivity (Wildman–Crippen MR) is 45.2 cm³/mol. The lowest BCUT2D eigenvalue weighted by Gasteiger charge is -2.14. The molecular formula is C8H15F2NO2. The van der Waals surface area contributed by atoms with Crippen molar-refractivity contribution >= 4 is 5.97 Å². The van der Waals surface area contributed by atoms with Crippen LogP contribution in [0, 0.1) is 0 Å². The number of halogens is 2. The van der Waals surface area contributed by atoms with Crippen LogP contribution in [0.2, 0.25) is 0 Å². The molecule has 0 aliphatic heterocycles. The Morgan fingerprint density at radius 1 is 1.31 bits per heavy atom. The minimum absolute atomic E-state index is 0.00997. The van der Waals surface area contributed by atoms with Crippen LogP contribution in [-0.2, 0) is 4.79 Å². The second-order valence-corrected chi connectivity index (χ2v) is 2.75. The fraction of sp³-hybridized carbons (Fsp3) is 0.875. The molecule has 0 saturated carbocycles. The number of rotatable bonds is 8. The topological polar surface area (TPSA) is 49.3 Å². The highest BCUT2D eigenvalue weighted by Crippen LogP contribution is 2.02. The molecule has 13 heavy (non-hydrogen) atoms. The summed E-state index contributed by atoms with van der Waals surface area (Å²) in [5.74, 6) is -0.911. The third-order valence-corrected chi connectivity index (χ3v) is 1.69. The molecule has 0 heterocycles. The number of alkyl halides is 2. The van der Waals surface area contributed by atoms with E-state index in [-0.39, 0.29) is 25.4 Å². The van der Waals surface area contributed by atoms with E-state index < -0.39 is 19.3 Å². The van der Waals surface area contributed by atoms with Crippen molar-refractivity contribution < 1.29 is 18.7 Å². The summed E-state index contributed by atoms with van der Waals surface area (Å²) in [6.45, 7) is -0.871. The van der Waals surface area contributed by atoms with Crippen molar-refractivity contribution in [1.29, 1.82) is 0 Å². The summed E-state index contributed by atoms with van der Waals surface area (Å²) in [4.78, 5) is 10.2. The minimum atomic E-state index is -0.911. The number of carbonyl (C=O) groups is 1. The van der Waals surface area contributed by atoms with Gasteiger partial charge in [-0.3, -0.25) is 9.18 Å². The molecule has 0 fully saturated rings. The lowest BCUT2D eigenvalue weighted by Crippen LogP contribution is -2.31. The number of carboxylic acid groups (broad SMARTS) is 1. The Kier molecular flexibility index (Phi) is 7.48. The van der Waals surface area contributed by atoms with Crippen LogP contribution in [0.5, 0.6) is 0 Å². The first kappa shape index (κ1) is 12.3. The Morgan fingerprint density at radius 3 is 2.46 bits per heavy atom. The maximum absolute atomic E-state index is 11.9. The minimum Gasteiger partial charge on any atom is -0.481 e. The normalized spacial score (nSPS) is 12.8. The molecule has 2 N–H and O–H groups in total. The van der Waals surface area contributed by atoms with Gasteiger partial charge < -0.3 is 10.4 Å². The molecule has 0 aliphatic carbocycles. The summed E-state index contributed by atoms with van der Waals surface area (Å²) in [6, 6.07) is -0.225. The number of hydrogen-bond donors (Lipinski definition) is 2. The molecule has 0 amide bonds. The van der Waals surface area contributed by atoms with Gasteiger partial charge in [-0.15, -0.1) is 0 Å². The van der Waals surface area contributed by atoms with Gasteiger partial charge in [-0.05, 0) is 12.8 Å². The zero-order valence-corrected chi connectivity index (χ0v) is 7.43. The second-order valence-electron chi connectivity index (χ2n) is 2.75. The summed E-state index contributed by atoms with van der Waals surface area (Å²) in [5.41, 5.74) is 0. The van der Waals surface area contributed by atoms with Crippen LogP contribution >= 0.6 is 0 Å². The molecule has 78 valence electrons. The van der Waals surface area contributed by atoms with E-state index in [1.54, 1.807) is 0 Å². The van der Waals surface area contributed by atoms with E-state index in [4.69, 9.17) is 5.11 Å². The largest absolute Gasteiger partial charge is 0.481 e. The maximum atomic E-state index is 11.9. The van der Waals surface area contributed by atoms with E-state index in [2.05, 4.69) is 5.32 Å². The SMILES string of the molecule is O=C(O)CC[C@@H](CCF)NCCF. The smallest absolute Gasteiger partial charge is 0.303 e. The highest BCUT2D eigenvalue weighted by molar-refractivity contribution is 5.66. The molecule has 0 unspecified atom stereocenters. The van der Waals surface area contributed by atoms with Crippen molar-refractivity contribution in [2.75, 3.05) is 19.9 Å². The Hall–Kier alpha value is -0.710. The van der Waals surface area contributed by atoms with E-state index in [1.165, 1.54) is 0 Å². The Bertz CT molecular complexity index is 144. The Balaban J connectivity index is 3.59. The van der Waals surface area contributed by atoms with Gasteiger partial charge in [0, 0.05) is 19.0 Å². The molecule has 0 saturated heterocycles. The Morgan fingerprint density at radius 2 is 2.00 bits per heavy atom. The van der Waals surface area contributed by atoms with Gasteiger partial charge in [0.1, 0.15) is 6.67 Å². The highest BCUT2D eigenvalue weighted by atomic mass is 19.1. The molecule has 0 spiro atoms. The summed E-state index contributed by atoms with van der Waals surface area (Å²) < 4.78 is 23.6. The summed E-state index contributed by atoms with van der Waals surface area (Å²) >= 11 is 0. The molecule has 5 heteroatoms. The monoisotopic (exact) mass is 195 g/mol. The van der Waals surface area contributed by atoms with Crippen molar-refractivity contribution in [1.82, 2.24) is 5.32 Å². The number of aliphatic carboxylic acids is 1. The van der Waals surface area contributed by atoms with Gasteiger partial charge in [-0.25, -0.2) is 4.39 Å². The van der Waals surface area contributed by atoms with Crippen molar-refractivity contribution in [3.05, 3.63) is 0 Å². The molecule has 0 radical (unpaired) electrons. The summed E-state index contributed by atoms with van der Waals surface area (Å²) in [7, 11) is 0. The van der Waals surface area contributed by atoms with Crippen LogP contribution in [0.25, 0.3) is 0 Å². The van der Waals surface area contributed by atoms with Crippen molar-refractivity contribution in [3.8, 4) is 0 Å². The summed E-state index contributed by atoms with van der Waals surface area (Å²) in [6.07, 6.45) is 0.580. The van der Waals surface area contributed by atoms with Crippen LogP contribution in [0.15, 0.2) is 0 Å². The number of hydrogen-bond acceptors (Lipinski definition) is 2. The molecule has 0 aliphatic rings. The van der Waals surface area contributed by atoms with Crippen LogP contribution in [0.3, 0.4) is 0 Å². The van der Waals surface area contributed by atoms with Crippen LogP contribution in [0.1, 0.15) is 19.3 Å². The highest BCUT2D eigenvalue weighted by Gasteiger charge is 2.09. The summed E-state index contributed by atoms with van der Waals surface area (Å²) in [5, 5.41) is 11.1. The molecular weight excluding hydrogens is 180 g/mol. The third kappa shape index (κ3) is 7.64. The standard InChI is InChI=1S/C8H15F2NO2/c9-4-3-7(11-6-5-10)1-2-8(12)13/h7,11H,1-6H2,(H,12,13)/t7-/m0/s1. The van der Waals surface area contributed by atoms with Gasteiger partial charge in [0.05, 0.1) is 6.67 Å². The molecule has 0 rings (SSSR count). The molecule has 3 nitrogen and oxygen atoms in total. The fourth-order valence-electron chi connectivity index (χ4n) is 1.04. The van der Waals surface area contributed by atoms with E-state index in [0.29, 0.717) is 6.42 Å². The second kappa shape index (κ2) is 7.91. The molecule has 0 aromatic heterocycles. The first-order valence-corrected chi connectivity index (χ1v) is 4.27. The molecule has 1 atom stereocenters. The van der Waals surface area contributed by atoms with Crippen molar-refractivity contribution in [3.63, 3.8) is 0 Å². The van der Waals surface area contributed by atoms with E-state index >= 15 is 0 Å². The van der Waals surface area contributed by atoms with E-state index in [0.717, 1.165) is 0 Å². The maximum Gasteiger partial charge on any atom is 0.303 e. The predicted octanol–water partition coefficient (Wildman–Crippen LogP) is 1.14. The van der Waals surface area contributed by atoms with Gasteiger partial charge in [0.15, 0.2) is 0 Å². The molecule has 0 bridgehead atoms. The molecule has 0 aromatic rings. The van der Waals surface area contributed by atoms with Gasteiger partial charge in [0.2, 0.25) is 0 Å². The zero-order valence-electron chi connectivity index (χ0n) is 7.43. The Labute approximate surface area is 76.1 Å². The quantitative estimate of drug-likeness (QED) is 0.610. The van der Waals surface area contributed by atoms with E-state index in [9.17, 15) is 13.6 Å². The average Bonchev–Trinajstić information content (AvgIpc) is 2.09. The third-order valence-electron chi connectivity index (χ3n) is 1.69. The number of nitrogens with one attached hydrogen (secondary N) is 1. The lowest BCUT2D eigenvalue weighted by molar-refractivity contribution is -0.137. The zero-order chi connectivity index (χ0) is 10.1. The van der Waals surface area contributed by atoms with Crippen molar-refractivity contribution in [2.24, 2.45) is 0 Å².